The van der Waals surface area contributed by atoms with Gasteiger partial charge in [0.2, 0.25) is 0 Å². The molecular weight excluding hydrogens is 176 g/mol. The molecule has 0 unspecified atom stereocenters. The number of hydrogen-bond acceptors (Lipinski definition) is 3. The second-order valence-corrected chi connectivity index (χ2v) is 4.60. The third-order valence-corrected chi connectivity index (χ3v) is 2.84. The van der Waals surface area contributed by atoms with Crippen molar-refractivity contribution >= 4 is 19.9 Å². The van der Waals surface area contributed by atoms with Gasteiger partial charge >= 0.3 is 0 Å². The van der Waals surface area contributed by atoms with Gasteiger partial charge in [-0.25, -0.2) is 0 Å². The Hall–Kier alpha value is -0.310. The summed E-state index contributed by atoms with van der Waals surface area (Å²) < 4.78 is 22.0. The minimum atomic E-state index is -3.55. The van der Waals surface area contributed by atoms with Crippen molar-refractivity contribution in [3.05, 3.63) is 0 Å². The smallest absolute Gasteiger partial charge is 0.198 e. The van der Waals surface area contributed by atoms with E-state index in [-0.39, 0.29) is 19.0 Å². The molecule has 0 N–H and O–H groups in total. The van der Waals surface area contributed by atoms with Crippen molar-refractivity contribution < 1.29 is 8.42 Å². The lowest BCUT2D eigenvalue weighted by molar-refractivity contribution is 0.254. The van der Waals surface area contributed by atoms with E-state index in [0.717, 1.165) is 4.31 Å². The predicted molar refractivity (Wildman–Crippen MR) is 35.4 cm³/mol. The van der Waals surface area contributed by atoms with Crippen LogP contribution in [0.25, 0.3) is 0 Å². The van der Waals surface area contributed by atoms with E-state index in [4.69, 9.17) is 15.9 Å². The van der Waals surface area contributed by atoms with Crippen LogP contribution in [0.1, 0.15) is 0 Å². The van der Waals surface area contributed by atoms with Gasteiger partial charge in [0.05, 0.1) is 12.0 Å². The molecule has 0 aromatic rings. The van der Waals surface area contributed by atoms with Crippen LogP contribution in [0.4, 0.5) is 0 Å². The van der Waals surface area contributed by atoms with Gasteiger partial charge in [-0.2, -0.15) is 18.0 Å². The predicted octanol–water partition coefficient (Wildman–Crippen LogP) is -0.0746. The monoisotopic (exact) mass is 180 g/mol. The largest absolute Gasteiger partial charge is 0.299 e. The van der Waals surface area contributed by atoms with Gasteiger partial charge in [0.15, 0.2) is 0 Å². The standard InChI is InChI=1S/C4H5ClN2O2S/c5-10(8,9)7-2-4(1-6)3-7/h4H,2-3H2. The summed E-state index contributed by atoms with van der Waals surface area (Å²) in [5.74, 6) is -0.173. The molecule has 1 fully saturated rings. The number of nitrogens with zero attached hydrogens (tertiary/aromatic N) is 2. The zero-order chi connectivity index (χ0) is 7.78. The number of halogens is 1. The second kappa shape index (κ2) is 2.38. The SMILES string of the molecule is N#CC1CN(S(=O)(=O)Cl)C1. The Morgan fingerprint density at radius 3 is 2.40 bits per heavy atom. The molecule has 10 heavy (non-hydrogen) atoms. The Morgan fingerprint density at radius 2 is 2.10 bits per heavy atom. The zero-order valence-electron chi connectivity index (χ0n) is 4.99. The Balaban J connectivity index is 2.50. The van der Waals surface area contributed by atoms with Crippen molar-refractivity contribution in [1.29, 1.82) is 5.26 Å². The zero-order valence-corrected chi connectivity index (χ0v) is 6.56. The first-order chi connectivity index (χ1) is 4.54. The first-order valence-electron chi connectivity index (χ1n) is 2.63. The van der Waals surface area contributed by atoms with Gasteiger partial charge < -0.3 is 0 Å². The Labute approximate surface area is 63.5 Å². The van der Waals surface area contributed by atoms with E-state index in [2.05, 4.69) is 0 Å². The summed E-state index contributed by atoms with van der Waals surface area (Å²) in [5.41, 5.74) is 0. The maximum absolute atomic E-state index is 10.5. The molecular formula is C4H5ClN2O2S. The summed E-state index contributed by atoms with van der Waals surface area (Å²) in [4.78, 5) is 0. The van der Waals surface area contributed by atoms with E-state index in [0.29, 0.717) is 0 Å². The third kappa shape index (κ3) is 1.40. The quantitative estimate of drug-likeness (QED) is 0.531. The van der Waals surface area contributed by atoms with Gasteiger partial charge in [0, 0.05) is 23.8 Å². The molecule has 56 valence electrons. The van der Waals surface area contributed by atoms with Crippen LogP contribution >= 0.6 is 10.7 Å². The van der Waals surface area contributed by atoms with Crippen molar-refractivity contribution in [3.63, 3.8) is 0 Å². The van der Waals surface area contributed by atoms with Gasteiger partial charge in [0.1, 0.15) is 0 Å². The van der Waals surface area contributed by atoms with E-state index in [1.807, 2.05) is 6.07 Å². The molecule has 0 saturated carbocycles. The molecule has 6 heteroatoms. The maximum atomic E-state index is 10.5. The van der Waals surface area contributed by atoms with E-state index < -0.39 is 9.24 Å². The summed E-state index contributed by atoms with van der Waals surface area (Å²) in [6.07, 6.45) is 0. The van der Waals surface area contributed by atoms with Crippen LogP contribution in [0.3, 0.4) is 0 Å². The van der Waals surface area contributed by atoms with Gasteiger partial charge in [-0.1, -0.05) is 0 Å². The fourth-order valence-corrected chi connectivity index (χ4v) is 1.75. The number of nitriles is 1. The molecule has 1 rings (SSSR count). The molecule has 0 atom stereocenters. The van der Waals surface area contributed by atoms with Crippen LogP contribution in [0.5, 0.6) is 0 Å². The normalized spacial score (nSPS) is 21.6. The lowest BCUT2D eigenvalue weighted by Gasteiger charge is -2.31. The molecule has 1 aliphatic heterocycles. The molecule has 1 saturated heterocycles. The molecule has 1 heterocycles. The molecule has 0 amide bonds. The number of hydrogen-bond donors (Lipinski definition) is 0. The first-order valence-corrected chi connectivity index (χ1v) is 4.90. The van der Waals surface area contributed by atoms with E-state index in [1.54, 1.807) is 0 Å². The Morgan fingerprint density at radius 1 is 1.60 bits per heavy atom. The molecule has 0 radical (unpaired) electrons. The highest BCUT2D eigenvalue weighted by atomic mass is 35.7. The van der Waals surface area contributed by atoms with Gasteiger partial charge in [-0.3, -0.25) is 0 Å². The van der Waals surface area contributed by atoms with Crippen molar-refractivity contribution in [2.24, 2.45) is 5.92 Å². The topological polar surface area (TPSA) is 61.2 Å². The Kier molecular flexibility index (Phi) is 1.86. The lowest BCUT2D eigenvalue weighted by atomic mass is 10.1. The maximum Gasteiger partial charge on any atom is 0.299 e. The highest BCUT2D eigenvalue weighted by Gasteiger charge is 2.34. The van der Waals surface area contributed by atoms with E-state index >= 15 is 0 Å². The highest BCUT2D eigenvalue weighted by Crippen LogP contribution is 2.20. The van der Waals surface area contributed by atoms with Crippen molar-refractivity contribution in [2.45, 2.75) is 0 Å². The number of rotatable bonds is 1. The highest BCUT2D eigenvalue weighted by molar-refractivity contribution is 8.11. The summed E-state index contributed by atoms with van der Waals surface area (Å²) in [7, 11) is 1.39. The average Bonchev–Trinajstić information content (AvgIpc) is 1.57. The van der Waals surface area contributed by atoms with Crippen molar-refractivity contribution in [3.8, 4) is 6.07 Å². The van der Waals surface area contributed by atoms with Crippen LogP contribution in [-0.4, -0.2) is 25.8 Å². The molecule has 0 aromatic carbocycles. The summed E-state index contributed by atoms with van der Waals surface area (Å²) >= 11 is 0. The molecule has 0 spiro atoms. The van der Waals surface area contributed by atoms with Crippen LogP contribution in [0.15, 0.2) is 0 Å². The lowest BCUT2D eigenvalue weighted by Crippen LogP contribution is -2.47. The fraction of sp³-hybridized carbons (Fsp3) is 0.750. The minimum Gasteiger partial charge on any atom is -0.198 e. The molecule has 0 aromatic heterocycles. The van der Waals surface area contributed by atoms with Crippen molar-refractivity contribution in [2.75, 3.05) is 13.1 Å². The van der Waals surface area contributed by atoms with Gasteiger partial charge in [0.25, 0.3) is 9.24 Å². The fourth-order valence-electron chi connectivity index (χ4n) is 0.698. The second-order valence-electron chi connectivity index (χ2n) is 2.09. The summed E-state index contributed by atoms with van der Waals surface area (Å²) in [5, 5.41) is 8.25. The van der Waals surface area contributed by atoms with Crippen LogP contribution < -0.4 is 0 Å². The molecule has 1 aliphatic rings. The van der Waals surface area contributed by atoms with E-state index in [1.165, 1.54) is 0 Å². The average molecular weight is 181 g/mol. The summed E-state index contributed by atoms with van der Waals surface area (Å²) in [6.45, 7) is 0.477. The summed E-state index contributed by atoms with van der Waals surface area (Å²) in [6, 6.07) is 1.94. The molecule has 0 bridgehead atoms. The van der Waals surface area contributed by atoms with E-state index in [9.17, 15) is 8.42 Å². The van der Waals surface area contributed by atoms with Crippen LogP contribution in [-0.2, 0) is 9.24 Å². The molecule has 4 nitrogen and oxygen atoms in total. The third-order valence-electron chi connectivity index (χ3n) is 1.34. The van der Waals surface area contributed by atoms with Crippen LogP contribution in [0.2, 0.25) is 0 Å². The van der Waals surface area contributed by atoms with Crippen LogP contribution in [0, 0.1) is 17.2 Å². The van der Waals surface area contributed by atoms with Crippen molar-refractivity contribution in [1.82, 2.24) is 4.31 Å². The van der Waals surface area contributed by atoms with Gasteiger partial charge in [-0.15, -0.1) is 0 Å². The first kappa shape index (κ1) is 7.79. The Bertz CT molecular complexity index is 261. The minimum absolute atomic E-state index is 0.173. The molecule has 0 aliphatic carbocycles. The van der Waals surface area contributed by atoms with Gasteiger partial charge in [-0.05, 0) is 0 Å².